The van der Waals surface area contributed by atoms with E-state index in [0.29, 0.717) is 13.2 Å². The van der Waals surface area contributed by atoms with Crippen molar-refractivity contribution in [3.05, 3.63) is 0 Å². The summed E-state index contributed by atoms with van der Waals surface area (Å²) in [4.78, 5) is 0. The third-order valence-electron chi connectivity index (χ3n) is 1.63. The van der Waals surface area contributed by atoms with E-state index in [1.165, 1.54) is 0 Å². The summed E-state index contributed by atoms with van der Waals surface area (Å²) in [6, 6.07) is 0. The number of hydrogen-bond donors (Lipinski definition) is 1. The molecule has 1 aliphatic rings. The zero-order valence-electron chi connectivity index (χ0n) is 6.79. The van der Waals surface area contributed by atoms with Crippen LogP contribution in [0.1, 0.15) is 6.42 Å². The first-order valence-corrected chi connectivity index (χ1v) is 5.22. The van der Waals surface area contributed by atoms with Crippen molar-refractivity contribution in [3.8, 4) is 0 Å². The minimum Gasteiger partial charge on any atom is -0.350 e. The molecular formula is C7H15NO2S. The van der Waals surface area contributed by atoms with Crippen LogP contribution in [-0.2, 0) is 9.47 Å². The largest absolute Gasteiger partial charge is 0.350 e. The van der Waals surface area contributed by atoms with Gasteiger partial charge in [0.05, 0.1) is 12.7 Å². The topological polar surface area (TPSA) is 44.5 Å². The van der Waals surface area contributed by atoms with Gasteiger partial charge in [0.15, 0.2) is 6.29 Å². The van der Waals surface area contributed by atoms with Gasteiger partial charge in [0, 0.05) is 13.0 Å². The smallest absolute Gasteiger partial charge is 0.159 e. The van der Waals surface area contributed by atoms with Crippen LogP contribution in [0.3, 0.4) is 0 Å². The highest BCUT2D eigenvalue weighted by atomic mass is 32.2. The maximum Gasteiger partial charge on any atom is 0.159 e. The third-order valence-corrected chi connectivity index (χ3v) is 2.28. The number of hydrogen-bond acceptors (Lipinski definition) is 4. The molecule has 1 fully saturated rings. The lowest BCUT2D eigenvalue weighted by atomic mass is 10.4. The Balaban J connectivity index is 2.09. The highest BCUT2D eigenvalue weighted by Crippen LogP contribution is 2.15. The molecule has 11 heavy (non-hydrogen) atoms. The molecule has 1 heterocycles. The van der Waals surface area contributed by atoms with E-state index in [9.17, 15) is 0 Å². The van der Waals surface area contributed by atoms with Crippen LogP contribution in [0.2, 0.25) is 0 Å². The summed E-state index contributed by atoms with van der Waals surface area (Å²) in [5.41, 5.74) is 5.41. The van der Waals surface area contributed by atoms with Crippen LogP contribution in [0, 0.1) is 0 Å². The average Bonchev–Trinajstić information content (AvgIpc) is 2.48. The molecule has 1 aliphatic heterocycles. The van der Waals surface area contributed by atoms with Crippen molar-refractivity contribution in [2.75, 3.05) is 25.2 Å². The zero-order chi connectivity index (χ0) is 8.10. The molecular weight excluding hydrogens is 162 g/mol. The van der Waals surface area contributed by atoms with Crippen LogP contribution >= 0.6 is 11.8 Å². The summed E-state index contributed by atoms with van der Waals surface area (Å²) >= 11 is 1.81. The molecule has 0 saturated carbocycles. The zero-order valence-corrected chi connectivity index (χ0v) is 7.60. The molecule has 0 aromatic heterocycles. The van der Waals surface area contributed by atoms with Gasteiger partial charge in [-0.05, 0) is 12.0 Å². The lowest BCUT2D eigenvalue weighted by Gasteiger charge is -2.08. The van der Waals surface area contributed by atoms with Gasteiger partial charge in [0.1, 0.15) is 0 Å². The van der Waals surface area contributed by atoms with Crippen LogP contribution < -0.4 is 5.73 Å². The highest BCUT2D eigenvalue weighted by Gasteiger charge is 2.23. The van der Waals surface area contributed by atoms with Gasteiger partial charge < -0.3 is 15.2 Å². The first-order valence-electron chi connectivity index (χ1n) is 3.83. The molecule has 2 unspecified atom stereocenters. The maximum atomic E-state index is 5.45. The molecule has 0 amide bonds. The molecule has 0 spiro atoms. The van der Waals surface area contributed by atoms with Crippen LogP contribution in [0.25, 0.3) is 0 Å². The van der Waals surface area contributed by atoms with Crippen LogP contribution in [0.15, 0.2) is 0 Å². The quantitative estimate of drug-likeness (QED) is 0.676. The fourth-order valence-corrected chi connectivity index (χ4v) is 1.43. The summed E-state index contributed by atoms with van der Waals surface area (Å²) in [6.45, 7) is 1.23. The number of rotatable bonds is 4. The molecule has 66 valence electrons. The van der Waals surface area contributed by atoms with Gasteiger partial charge in [-0.3, -0.25) is 0 Å². The standard InChI is InChI=1S/C7H15NO2S/c1-11-3-2-7-9-5-6(4-8)10-7/h6-7H,2-5,8H2,1H3. The predicted molar refractivity (Wildman–Crippen MR) is 46.7 cm³/mol. The Labute approximate surface area is 71.6 Å². The van der Waals surface area contributed by atoms with Crippen molar-refractivity contribution in [2.24, 2.45) is 5.73 Å². The minimum atomic E-state index is -0.00370. The van der Waals surface area contributed by atoms with Gasteiger partial charge in [0.2, 0.25) is 0 Å². The lowest BCUT2D eigenvalue weighted by molar-refractivity contribution is -0.0562. The Morgan fingerprint density at radius 1 is 1.64 bits per heavy atom. The number of thioether (sulfide) groups is 1. The molecule has 2 atom stereocenters. The number of nitrogens with two attached hydrogens (primary N) is 1. The average molecular weight is 177 g/mol. The molecule has 0 aliphatic carbocycles. The van der Waals surface area contributed by atoms with E-state index >= 15 is 0 Å². The first-order chi connectivity index (χ1) is 5.36. The van der Waals surface area contributed by atoms with E-state index in [-0.39, 0.29) is 12.4 Å². The van der Waals surface area contributed by atoms with Gasteiger partial charge in [-0.15, -0.1) is 0 Å². The Kier molecular flexibility index (Phi) is 4.22. The normalized spacial score (nSPS) is 31.1. The van der Waals surface area contributed by atoms with Crippen molar-refractivity contribution < 1.29 is 9.47 Å². The van der Waals surface area contributed by atoms with E-state index in [2.05, 4.69) is 6.26 Å². The van der Waals surface area contributed by atoms with Crippen molar-refractivity contribution in [2.45, 2.75) is 18.8 Å². The van der Waals surface area contributed by atoms with E-state index in [4.69, 9.17) is 15.2 Å². The summed E-state index contributed by atoms with van der Waals surface area (Å²) < 4.78 is 10.8. The molecule has 0 bridgehead atoms. The minimum absolute atomic E-state index is 0.00370. The SMILES string of the molecule is CSCCC1OCC(CN)O1. The summed E-state index contributed by atoms with van der Waals surface area (Å²) in [5.74, 6) is 1.09. The van der Waals surface area contributed by atoms with Crippen molar-refractivity contribution in [1.29, 1.82) is 0 Å². The summed E-state index contributed by atoms with van der Waals surface area (Å²) in [5, 5.41) is 0. The Bertz CT molecular complexity index is 113. The second-order valence-corrected chi connectivity index (χ2v) is 3.52. The molecule has 4 heteroatoms. The van der Waals surface area contributed by atoms with Crippen molar-refractivity contribution >= 4 is 11.8 Å². The Morgan fingerprint density at radius 3 is 3.00 bits per heavy atom. The van der Waals surface area contributed by atoms with Crippen LogP contribution in [0.5, 0.6) is 0 Å². The molecule has 3 nitrogen and oxygen atoms in total. The van der Waals surface area contributed by atoms with E-state index in [1.807, 2.05) is 0 Å². The molecule has 1 rings (SSSR count). The van der Waals surface area contributed by atoms with Gasteiger partial charge in [-0.2, -0.15) is 11.8 Å². The van der Waals surface area contributed by atoms with E-state index in [1.54, 1.807) is 11.8 Å². The third kappa shape index (κ3) is 2.99. The van der Waals surface area contributed by atoms with Crippen LogP contribution in [-0.4, -0.2) is 37.6 Å². The summed E-state index contributed by atoms with van der Waals surface area (Å²) in [6.07, 6.45) is 3.17. The van der Waals surface area contributed by atoms with Gasteiger partial charge in [-0.1, -0.05) is 0 Å². The lowest BCUT2D eigenvalue weighted by Crippen LogP contribution is -2.22. The maximum absolute atomic E-state index is 5.45. The Hall–Kier alpha value is 0.230. The van der Waals surface area contributed by atoms with Gasteiger partial charge >= 0.3 is 0 Å². The molecule has 0 aromatic rings. The Morgan fingerprint density at radius 2 is 2.45 bits per heavy atom. The first kappa shape index (κ1) is 9.32. The molecule has 1 saturated heterocycles. The van der Waals surface area contributed by atoms with Gasteiger partial charge in [-0.25, -0.2) is 0 Å². The monoisotopic (exact) mass is 177 g/mol. The van der Waals surface area contributed by atoms with Gasteiger partial charge in [0.25, 0.3) is 0 Å². The van der Waals surface area contributed by atoms with Crippen molar-refractivity contribution in [1.82, 2.24) is 0 Å². The fourth-order valence-electron chi connectivity index (χ4n) is 0.997. The highest BCUT2D eigenvalue weighted by molar-refractivity contribution is 7.98. The molecule has 0 radical (unpaired) electrons. The summed E-state index contributed by atoms with van der Waals surface area (Å²) in [7, 11) is 0. The van der Waals surface area contributed by atoms with Crippen molar-refractivity contribution in [3.63, 3.8) is 0 Å². The number of ether oxygens (including phenoxy) is 2. The van der Waals surface area contributed by atoms with E-state index in [0.717, 1.165) is 12.2 Å². The second kappa shape index (κ2) is 4.98. The molecule has 2 N–H and O–H groups in total. The second-order valence-electron chi connectivity index (χ2n) is 2.54. The molecule has 0 aromatic carbocycles. The fraction of sp³-hybridized carbons (Fsp3) is 1.00. The predicted octanol–water partition coefficient (Wildman–Crippen LogP) is 0.440. The van der Waals surface area contributed by atoms with Crippen LogP contribution in [0.4, 0.5) is 0 Å². The van der Waals surface area contributed by atoms with E-state index < -0.39 is 0 Å².